The van der Waals surface area contributed by atoms with Crippen molar-refractivity contribution in [1.82, 2.24) is 0 Å². The summed E-state index contributed by atoms with van der Waals surface area (Å²) in [5.74, 6) is 0.771. The van der Waals surface area contributed by atoms with Crippen molar-refractivity contribution in [1.29, 1.82) is 0 Å². The Morgan fingerprint density at radius 3 is 2.55 bits per heavy atom. The minimum Gasteiger partial charge on any atom is -0.496 e. The van der Waals surface area contributed by atoms with Crippen molar-refractivity contribution in [3.63, 3.8) is 0 Å². The van der Waals surface area contributed by atoms with E-state index in [1.54, 1.807) is 19.2 Å². The lowest BCUT2D eigenvalue weighted by molar-refractivity contribution is 0.177. The molecule has 2 aromatic rings. The highest BCUT2D eigenvalue weighted by molar-refractivity contribution is 9.10. The normalized spacial score (nSPS) is 12.2. The first kappa shape index (κ1) is 15.8. The van der Waals surface area contributed by atoms with Crippen LogP contribution >= 0.6 is 43.5 Å². The van der Waals surface area contributed by atoms with Crippen LogP contribution in [-0.2, 0) is 6.42 Å². The summed E-state index contributed by atoms with van der Waals surface area (Å²) >= 11 is 12.8. The molecule has 1 unspecified atom stereocenters. The molecule has 0 aliphatic heterocycles. The summed E-state index contributed by atoms with van der Waals surface area (Å²) in [5.41, 5.74) is 1.79. The molecule has 0 bridgehead atoms. The summed E-state index contributed by atoms with van der Waals surface area (Å²) in [6.07, 6.45) is -0.120. The van der Waals surface area contributed by atoms with Gasteiger partial charge in [-0.3, -0.25) is 0 Å². The maximum absolute atomic E-state index is 10.4. The van der Waals surface area contributed by atoms with Crippen LogP contribution in [0, 0.1) is 0 Å². The fraction of sp³-hybridized carbons (Fsp3) is 0.200. The van der Waals surface area contributed by atoms with Gasteiger partial charge in [0.1, 0.15) is 5.75 Å². The Morgan fingerprint density at radius 2 is 1.90 bits per heavy atom. The first-order chi connectivity index (χ1) is 9.51. The Labute approximate surface area is 140 Å². The van der Waals surface area contributed by atoms with Crippen molar-refractivity contribution >= 4 is 43.5 Å². The van der Waals surface area contributed by atoms with Crippen LogP contribution < -0.4 is 4.74 Å². The Morgan fingerprint density at radius 1 is 1.15 bits per heavy atom. The third-order valence-electron chi connectivity index (χ3n) is 2.96. The van der Waals surface area contributed by atoms with E-state index in [0.717, 1.165) is 25.8 Å². The molecule has 0 saturated heterocycles. The highest BCUT2D eigenvalue weighted by Crippen LogP contribution is 2.31. The van der Waals surface area contributed by atoms with E-state index in [2.05, 4.69) is 31.9 Å². The zero-order valence-electron chi connectivity index (χ0n) is 10.7. The molecule has 0 radical (unpaired) electrons. The summed E-state index contributed by atoms with van der Waals surface area (Å²) in [7, 11) is 1.62. The average Bonchev–Trinajstić information content (AvgIpc) is 2.41. The minimum absolute atomic E-state index is 0.502. The van der Waals surface area contributed by atoms with Gasteiger partial charge in [-0.05, 0) is 57.4 Å². The fourth-order valence-electron chi connectivity index (χ4n) is 1.94. The molecule has 0 saturated carbocycles. The lowest BCUT2D eigenvalue weighted by atomic mass is 10.0. The second-order valence-electron chi connectivity index (χ2n) is 4.35. The zero-order chi connectivity index (χ0) is 14.7. The Bertz CT molecular complexity index is 617. The number of benzene rings is 2. The van der Waals surface area contributed by atoms with Gasteiger partial charge in [-0.2, -0.15) is 0 Å². The van der Waals surface area contributed by atoms with Gasteiger partial charge in [0, 0.05) is 15.9 Å². The van der Waals surface area contributed by atoms with Crippen LogP contribution in [-0.4, -0.2) is 12.2 Å². The standard InChI is InChI=1S/C15H13Br2ClO2/c1-20-15-5-2-9(6-13(15)17)7-14(19)11-8-10(18)3-4-12(11)16/h2-6,8,14,19H,7H2,1H3. The lowest BCUT2D eigenvalue weighted by Crippen LogP contribution is -2.03. The van der Waals surface area contributed by atoms with Gasteiger partial charge in [-0.1, -0.05) is 33.6 Å². The molecule has 2 aromatic carbocycles. The van der Waals surface area contributed by atoms with Gasteiger partial charge in [0.15, 0.2) is 0 Å². The van der Waals surface area contributed by atoms with Gasteiger partial charge in [0.25, 0.3) is 0 Å². The molecule has 0 aromatic heterocycles. The van der Waals surface area contributed by atoms with Gasteiger partial charge >= 0.3 is 0 Å². The number of halogens is 3. The third-order valence-corrected chi connectivity index (χ3v) is 4.54. The van der Waals surface area contributed by atoms with Gasteiger partial charge in [-0.15, -0.1) is 0 Å². The molecule has 0 amide bonds. The number of methoxy groups -OCH3 is 1. The predicted octanol–water partition coefficient (Wildman–Crippen LogP) is 5.15. The molecular weight excluding hydrogens is 407 g/mol. The lowest BCUT2D eigenvalue weighted by Gasteiger charge is -2.14. The van der Waals surface area contributed by atoms with Crippen LogP contribution in [0.3, 0.4) is 0 Å². The van der Waals surface area contributed by atoms with Crippen LogP contribution in [0.1, 0.15) is 17.2 Å². The number of aliphatic hydroxyl groups is 1. The second-order valence-corrected chi connectivity index (χ2v) is 6.50. The topological polar surface area (TPSA) is 29.5 Å². The molecule has 20 heavy (non-hydrogen) atoms. The largest absolute Gasteiger partial charge is 0.496 e. The Kier molecular flexibility index (Phi) is 5.49. The van der Waals surface area contributed by atoms with Crippen molar-refractivity contribution in [2.24, 2.45) is 0 Å². The highest BCUT2D eigenvalue weighted by Gasteiger charge is 2.13. The minimum atomic E-state index is -0.622. The molecule has 5 heteroatoms. The summed E-state index contributed by atoms with van der Waals surface area (Å²) < 4.78 is 6.91. The molecule has 0 aliphatic rings. The summed E-state index contributed by atoms with van der Waals surface area (Å²) in [4.78, 5) is 0. The fourth-order valence-corrected chi connectivity index (χ4v) is 3.22. The van der Waals surface area contributed by atoms with E-state index in [1.807, 2.05) is 24.3 Å². The maximum Gasteiger partial charge on any atom is 0.133 e. The Hall–Kier alpha value is -0.550. The predicted molar refractivity (Wildman–Crippen MR) is 88.5 cm³/mol. The monoisotopic (exact) mass is 418 g/mol. The van der Waals surface area contributed by atoms with Crippen molar-refractivity contribution in [3.05, 3.63) is 61.5 Å². The summed E-state index contributed by atoms with van der Waals surface area (Å²) in [6, 6.07) is 11.1. The van der Waals surface area contributed by atoms with Crippen molar-refractivity contribution in [3.8, 4) is 5.75 Å². The van der Waals surface area contributed by atoms with Crippen molar-refractivity contribution < 1.29 is 9.84 Å². The SMILES string of the molecule is COc1ccc(CC(O)c2cc(Cl)ccc2Br)cc1Br. The second kappa shape index (κ2) is 6.94. The average molecular weight is 421 g/mol. The number of ether oxygens (including phenoxy) is 1. The van der Waals surface area contributed by atoms with Crippen LogP contribution in [0.4, 0.5) is 0 Å². The van der Waals surface area contributed by atoms with Crippen LogP contribution in [0.5, 0.6) is 5.75 Å². The van der Waals surface area contributed by atoms with Crippen LogP contribution in [0.15, 0.2) is 45.3 Å². The van der Waals surface area contributed by atoms with E-state index in [1.165, 1.54) is 0 Å². The molecule has 2 rings (SSSR count). The van der Waals surface area contributed by atoms with Gasteiger partial charge in [0.05, 0.1) is 17.7 Å². The van der Waals surface area contributed by atoms with E-state index in [9.17, 15) is 5.11 Å². The van der Waals surface area contributed by atoms with E-state index >= 15 is 0 Å². The van der Waals surface area contributed by atoms with Crippen LogP contribution in [0.25, 0.3) is 0 Å². The quantitative estimate of drug-likeness (QED) is 0.741. The van der Waals surface area contributed by atoms with Gasteiger partial charge < -0.3 is 9.84 Å². The number of hydrogen-bond acceptors (Lipinski definition) is 2. The number of aliphatic hydroxyl groups excluding tert-OH is 1. The molecule has 2 nitrogen and oxygen atoms in total. The van der Waals surface area contributed by atoms with E-state index in [-0.39, 0.29) is 0 Å². The maximum atomic E-state index is 10.4. The third kappa shape index (κ3) is 3.76. The van der Waals surface area contributed by atoms with Crippen LogP contribution in [0.2, 0.25) is 5.02 Å². The van der Waals surface area contributed by atoms with E-state index in [0.29, 0.717) is 11.4 Å². The van der Waals surface area contributed by atoms with Gasteiger partial charge in [0.2, 0.25) is 0 Å². The molecule has 0 aliphatic carbocycles. The van der Waals surface area contributed by atoms with E-state index in [4.69, 9.17) is 16.3 Å². The number of rotatable bonds is 4. The molecule has 0 fully saturated rings. The van der Waals surface area contributed by atoms with Crippen molar-refractivity contribution in [2.45, 2.75) is 12.5 Å². The molecule has 106 valence electrons. The first-order valence-electron chi connectivity index (χ1n) is 5.96. The van der Waals surface area contributed by atoms with Crippen molar-refractivity contribution in [2.75, 3.05) is 7.11 Å². The van der Waals surface area contributed by atoms with Gasteiger partial charge in [-0.25, -0.2) is 0 Å². The molecular formula is C15H13Br2ClO2. The summed E-state index contributed by atoms with van der Waals surface area (Å²) in [6.45, 7) is 0. The molecule has 1 atom stereocenters. The number of hydrogen-bond donors (Lipinski definition) is 1. The molecule has 0 heterocycles. The summed E-state index contributed by atoms with van der Waals surface area (Å²) in [5, 5.41) is 11.0. The first-order valence-corrected chi connectivity index (χ1v) is 7.93. The molecule has 1 N–H and O–H groups in total. The molecule has 0 spiro atoms. The van der Waals surface area contributed by atoms with E-state index < -0.39 is 6.10 Å². The highest BCUT2D eigenvalue weighted by atomic mass is 79.9. The zero-order valence-corrected chi connectivity index (χ0v) is 14.7. The Balaban J connectivity index is 2.21. The smallest absolute Gasteiger partial charge is 0.133 e.